The van der Waals surface area contributed by atoms with Gasteiger partial charge in [0.15, 0.2) is 5.16 Å². The fraction of sp³-hybridized carbons (Fsp3) is 0.647. The van der Waals surface area contributed by atoms with E-state index < -0.39 is 0 Å². The zero-order chi connectivity index (χ0) is 17.2. The molecule has 0 aromatic carbocycles. The summed E-state index contributed by atoms with van der Waals surface area (Å²) in [6.45, 7) is 1.73. The van der Waals surface area contributed by atoms with Crippen molar-refractivity contribution in [1.82, 2.24) is 24.5 Å². The number of H-pyrrole nitrogens is 1. The molecular weight excluding hydrogens is 338 g/mol. The molecule has 0 radical (unpaired) electrons. The molecule has 2 aliphatic rings. The van der Waals surface area contributed by atoms with Crippen molar-refractivity contribution in [3.8, 4) is 0 Å². The molecule has 8 heteroatoms. The van der Waals surface area contributed by atoms with Gasteiger partial charge in [-0.3, -0.25) is 19.0 Å². The molecular formula is C17H23N5O2S. The first-order chi connectivity index (χ1) is 12.2. The van der Waals surface area contributed by atoms with Crippen LogP contribution in [0.3, 0.4) is 0 Å². The van der Waals surface area contributed by atoms with Crippen LogP contribution in [0.25, 0.3) is 5.78 Å². The topological polar surface area (TPSA) is 83.4 Å². The van der Waals surface area contributed by atoms with Gasteiger partial charge in [0.1, 0.15) is 0 Å². The number of hydrogen-bond donors (Lipinski definition) is 1. The SMILES string of the molecule is O=C(CSc1nnc2[nH]c(=O)c3c(n12)CCCC3)N1CCCCCC1. The van der Waals surface area contributed by atoms with E-state index in [0.29, 0.717) is 16.7 Å². The van der Waals surface area contributed by atoms with Gasteiger partial charge in [-0.2, -0.15) is 0 Å². The second-order valence-corrected chi connectivity index (χ2v) is 7.75. The van der Waals surface area contributed by atoms with Crippen molar-refractivity contribution < 1.29 is 4.79 Å². The summed E-state index contributed by atoms with van der Waals surface area (Å²) >= 11 is 1.42. The van der Waals surface area contributed by atoms with Gasteiger partial charge in [-0.1, -0.05) is 24.6 Å². The minimum atomic E-state index is -0.0493. The van der Waals surface area contributed by atoms with E-state index in [2.05, 4.69) is 15.2 Å². The maximum atomic E-state index is 12.5. The van der Waals surface area contributed by atoms with Gasteiger partial charge < -0.3 is 4.90 Å². The average molecular weight is 361 g/mol. The Labute approximate surface area is 150 Å². The molecule has 3 heterocycles. The van der Waals surface area contributed by atoms with Gasteiger partial charge in [0.05, 0.1) is 5.75 Å². The molecule has 7 nitrogen and oxygen atoms in total. The summed E-state index contributed by atoms with van der Waals surface area (Å²) < 4.78 is 1.94. The normalized spacial score (nSPS) is 18.2. The van der Waals surface area contributed by atoms with Crippen molar-refractivity contribution in [2.75, 3.05) is 18.8 Å². The molecule has 1 aliphatic heterocycles. The first-order valence-corrected chi connectivity index (χ1v) is 10.1. The molecule has 2 aromatic rings. The van der Waals surface area contributed by atoms with Crippen molar-refractivity contribution >= 4 is 23.4 Å². The van der Waals surface area contributed by atoms with E-state index in [1.54, 1.807) is 0 Å². The van der Waals surface area contributed by atoms with Gasteiger partial charge in [0.25, 0.3) is 5.56 Å². The molecule has 1 fully saturated rings. The summed E-state index contributed by atoms with van der Waals surface area (Å²) in [4.78, 5) is 29.5. The van der Waals surface area contributed by atoms with Crippen LogP contribution >= 0.6 is 11.8 Å². The first-order valence-electron chi connectivity index (χ1n) is 9.14. The van der Waals surface area contributed by atoms with Gasteiger partial charge in [0.2, 0.25) is 11.7 Å². The van der Waals surface area contributed by atoms with E-state index in [1.165, 1.54) is 24.6 Å². The number of rotatable bonds is 3. The summed E-state index contributed by atoms with van der Waals surface area (Å²) in [7, 11) is 0. The summed E-state index contributed by atoms with van der Waals surface area (Å²) in [6, 6.07) is 0. The second kappa shape index (κ2) is 7.19. The van der Waals surface area contributed by atoms with E-state index in [0.717, 1.165) is 62.9 Å². The number of amides is 1. The quantitative estimate of drug-likeness (QED) is 0.843. The Balaban J connectivity index is 1.55. The standard InChI is InChI=1S/C17H23N5O2S/c23-14(21-9-5-1-2-6-10-21)11-25-17-20-19-16-18-15(24)12-7-3-4-8-13(12)22(16)17/h1-11H2,(H,18,19,24). The third kappa shape index (κ3) is 3.31. The Morgan fingerprint density at radius 3 is 2.60 bits per heavy atom. The third-order valence-corrected chi connectivity index (χ3v) is 6.04. The van der Waals surface area contributed by atoms with E-state index in [1.807, 2.05) is 9.30 Å². The van der Waals surface area contributed by atoms with Crippen LogP contribution in [0.2, 0.25) is 0 Å². The first kappa shape index (κ1) is 16.6. The number of nitrogens with one attached hydrogen (secondary N) is 1. The molecule has 1 aliphatic carbocycles. The Morgan fingerprint density at radius 2 is 1.80 bits per heavy atom. The average Bonchev–Trinajstić information content (AvgIpc) is 2.84. The van der Waals surface area contributed by atoms with E-state index >= 15 is 0 Å². The van der Waals surface area contributed by atoms with Crippen LogP contribution in [0.5, 0.6) is 0 Å². The van der Waals surface area contributed by atoms with Gasteiger partial charge in [-0.15, -0.1) is 10.2 Å². The van der Waals surface area contributed by atoms with Crippen molar-refractivity contribution in [2.45, 2.75) is 56.5 Å². The van der Waals surface area contributed by atoms with Gasteiger partial charge in [0, 0.05) is 24.3 Å². The molecule has 1 amide bonds. The highest BCUT2D eigenvalue weighted by Crippen LogP contribution is 2.24. The van der Waals surface area contributed by atoms with Crippen molar-refractivity contribution in [3.63, 3.8) is 0 Å². The zero-order valence-electron chi connectivity index (χ0n) is 14.3. The lowest BCUT2D eigenvalue weighted by Gasteiger charge is -2.20. The molecule has 4 rings (SSSR count). The van der Waals surface area contributed by atoms with Crippen LogP contribution < -0.4 is 5.56 Å². The highest BCUT2D eigenvalue weighted by atomic mass is 32.2. The monoisotopic (exact) mass is 361 g/mol. The Morgan fingerprint density at radius 1 is 1.04 bits per heavy atom. The van der Waals surface area contributed by atoms with E-state index in [9.17, 15) is 9.59 Å². The molecule has 0 spiro atoms. The number of carbonyl (C=O) groups is 1. The molecule has 25 heavy (non-hydrogen) atoms. The smallest absolute Gasteiger partial charge is 0.255 e. The van der Waals surface area contributed by atoms with Crippen LogP contribution in [0.4, 0.5) is 0 Å². The van der Waals surface area contributed by atoms with Gasteiger partial charge in [-0.05, 0) is 38.5 Å². The molecule has 0 atom stereocenters. The largest absolute Gasteiger partial charge is 0.342 e. The van der Waals surface area contributed by atoms with E-state index in [4.69, 9.17) is 0 Å². The van der Waals surface area contributed by atoms with Crippen LogP contribution in [0, 0.1) is 0 Å². The van der Waals surface area contributed by atoms with Crippen molar-refractivity contribution in [1.29, 1.82) is 0 Å². The summed E-state index contributed by atoms with van der Waals surface area (Å²) in [6.07, 6.45) is 8.39. The lowest BCUT2D eigenvalue weighted by molar-refractivity contribution is -0.128. The van der Waals surface area contributed by atoms with Gasteiger partial charge in [-0.25, -0.2) is 0 Å². The number of hydrogen-bond acceptors (Lipinski definition) is 5. The summed E-state index contributed by atoms with van der Waals surface area (Å²) in [5.74, 6) is 1.02. The maximum absolute atomic E-state index is 12.5. The van der Waals surface area contributed by atoms with Crippen LogP contribution in [0.15, 0.2) is 9.95 Å². The fourth-order valence-electron chi connectivity index (χ4n) is 3.78. The predicted octanol–water partition coefficient (Wildman–Crippen LogP) is 1.79. The molecule has 0 bridgehead atoms. The van der Waals surface area contributed by atoms with Crippen molar-refractivity contribution in [2.24, 2.45) is 0 Å². The second-order valence-electron chi connectivity index (χ2n) is 6.81. The van der Waals surface area contributed by atoms with Crippen LogP contribution in [0.1, 0.15) is 49.8 Å². The Kier molecular flexibility index (Phi) is 4.78. The lowest BCUT2D eigenvalue weighted by atomic mass is 9.97. The number of nitrogens with zero attached hydrogens (tertiary/aromatic N) is 4. The number of likely N-dealkylation sites (tertiary alicyclic amines) is 1. The molecule has 2 aromatic heterocycles. The summed E-state index contributed by atoms with van der Waals surface area (Å²) in [5.41, 5.74) is 1.81. The predicted molar refractivity (Wildman–Crippen MR) is 96.0 cm³/mol. The highest BCUT2D eigenvalue weighted by molar-refractivity contribution is 7.99. The number of aryl methyl sites for hydroxylation is 1. The zero-order valence-corrected chi connectivity index (χ0v) is 15.1. The van der Waals surface area contributed by atoms with Gasteiger partial charge >= 0.3 is 0 Å². The Bertz CT molecular complexity index is 835. The fourth-order valence-corrected chi connectivity index (χ4v) is 4.64. The number of aromatic amines is 1. The number of aromatic nitrogens is 4. The maximum Gasteiger partial charge on any atom is 0.255 e. The minimum Gasteiger partial charge on any atom is -0.342 e. The van der Waals surface area contributed by atoms with Crippen LogP contribution in [-0.2, 0) is 17.6 Å². The highest BCUT2D eigenvalue weighted by Gasteiger charge is 2.22. The van der Waals surface area contributed by atoms with Crippen LogP contribution in [-0.4, -0.2) is 49.2 Å². The third-order valence-electron chi connectivity index (χ3n) is 5.12. The Hall–Kier alpha value is -1.83. The van der Waals surface area contributed by atoms with E-state index in [-0.39, 0.29) is 11.5 Å². The summed E-state index contributed by atoms with van der Waals surface area (Å²) in [5, 5.41) is 9.02. The lowest BCUT2D eigenvalue weighted by Crippen LogP contribution is -2.33. The molecule has 0 unspecified atom stereocenters. The molecule has 0 saturated carbocycles. The molecule has 134 valence electrons. The molecule has 1 N–H and O–H groups in total. The minimum absolute atomic E-state index is 0.0493. The molecule has 1 saturated heterocycles. The number of fused-ring (bicyclic) bond motifs is 3. The number of thioether (sulfide) groups is 1. The number of carbonyl (C=O) groups excluding carboxylic acids is 1. The van der Waals surface area contributed by atoms with Crippen molar-refractivity contribution in [3.05, 3.63) is 21.6 Å².